The number of amides is 1. The van der Waals surface area contributed by atoms with Gasteiger partial charge in [0.15, 0.2) is 0 Å². The number of nitrogens with zero attached hydrogens (tertiary/aromatic N) is 3. The molecule has 0 fully saturated rings. The third kappa shape index (κ3) is 4.71. The Morgan fingerprint density at radius 2 is 1.61 bits per heavy atom. The van der Waals surface area contributed by atoms with Gasteiger partial charge >= 0.3 is 5.97 Å². The molecule has 10 nitrogen and oxygen atoms in total. The fourth-order valence-corrected chi connectivity index (χ4v) is 5.36. The second-order valence-corrected chi connectivity index (χ2v) is 10.4. The third-order valence-electron chi connectivity index (χ3n) is 6.17. The summed E-state index contributed by atoms with van der Waals surface area (Å²) in [6.45, 7) is 1.66. The Morgan fingerprint density at radius 1 is 0.947 bits per heavy atom. The van der Waals surface area contributed by atoms with E-state index < -0.39 is 27.5 Å². The number of nitrogens with one attached hydrogen (secondary N) is 1. The maximum absolute atomic E-state index is 13.6. The zero-order valence-corrected chi connectivity index (χ0v) is 22.0. The van der Waals surface area contributed by atoms with E-state index in [1.54, 1.807) is 55.1 Å². The van der Waals surface area contributed by atoms with Gasteiger partial charge in [-0.05, 0) is 49.4 Å². The molecule has 38 heavy (non-hydrogen) atoms. The molecular weight excluding hydrogens is 508 g/mol. The number of sulfonamides is 1. The van der Waals surface area contributed by atoms with Gasteiger partial charge in [0, 0.05) is 19.7 Å². The highest BCUT2D eigenvalue weighted by Crippen LogP contribution is 2.25. The molecule has 0 atom stereocenters. The second-order valence-electron chi connectivity index (χ2n) is 8.40. The molecule has 0 saturated heterocycles. The summed E-state index contributed by atoms with van der Waals surface area (Å²) in [6, 6.07) is 20.6. The van der Waals surface area contributed by atoms with E-state index in [-0.39, 0.29) is 27.4 Å². The monoisotopic (exact) mass is 534 g/mol. The molecule has 0 aliphatic heterocycles. The van der Waals surface area contributed by atoms with E-state index in [9.17, 15) is 22.8 Å². The second kappa shape index (κ2) is 10.4. The number of para-hydroxylation sites is 2. The normalized spacial score (nSPS) is 11.2. The number of ether oxygens (including phenoxy) is 1. The Morgan fingerprint density at radius 3 is 2.29 bits per heavy atom. The number of hydrogen-bond acceptors (Lipinski definition) is 6. The highest BCUT2D eigenvalue weighted by atomic mass is 32.2. The van der Waals surface area contributed by atoms with Crippen LogP contribution in [0.25, 0.3) is 5.69 Å². The maximum Gasteiger partial charge on any atom is 0.339 e. The van der Waals surface area contributed by atoms with Crippen molar-refractivity contribution in [2.24, 2.45) is 7.05 Å². The smallest absolute Gasteiger partial charge is 0.339 e. The maximum atomic E-state index is 13.6. The summed E-state index contributed by atoms with van der Waals surface area (Å²) >= 11 is 0. The average Bonchev–Trinajstić information content (AvgIpc) is 3.15. The van der Waals surface area contributed by atoms with Crippen LogP contribution in [0.3, 0.4) is 0 Å². The van der Waals surface area contributed by atoms with Gasteiger partial charge in [0.2, 0.25) is 0 Å². The third-order valence-corrected chi connectivity index (χ3v) is 7.93. The van der Waals surface area contributed by atoms with Crippen molar-refractivity contribution in [3.05, 3.63) is 106 Å². The molecule has 0 aliphatic carbocycles. The van der Waals surface area contributed by atoms with Crippen molar-refractivity contribution >= 4 is 33.3 Å². The minimum Gasteiger partial charge on any atom is -0.465 e. The van der Waals surface area contributed by atoms with Crippen LogP contribution in [0.1, 0.15) is 26.4 Å². The minimum atomic E-state index is -4.22. The Kier molecular flexibility index (Phi) is 7.22. The van der Waals surface area contributed by atoms with Gasteiger partial charge in [0.1, 0.15) is 5.69 Å². The van der Waals surface area contributed by atoms with Gasteiger partial charge < -0.3 is 10.1 Å². The van der Waals surface area contributed by atoms with Gasteiger partial charge in [-0.1, -0.05) is 36.4 Å². The van der Waals surface area contributed by atoms with Gasteiger partial charge in [-0.3, -0.25) is 18.6 Å². The molecule has 0 unspecified atom stereocenters. The van der Waals surface area contributed by atoms with E-state index in [2.05, 4.69) is 5.32 Å². The predicted molar refractivity (Wildman–Crippen MR) is 144 cm³/mol. The highest BCUT2D eigenvalue weighted by molar-refractivity contribution is 7.92. The van der Waals surface area contributed by atoms with E-state index in [0.29, 0.717) is 11.4 Å². The molecular formula is C27H26N4O6S. The standard InChI is InChI=1S/C27H26N4O6S/c1-18-24(26(33)31(29(18)2)20-12-6-5-7-13-20)30(3)38(35,36)21-14-10-11-19(17-21)25(32)28-23-16-9-8-15-22(23)27(34)37-4/h5-17H,1-4H3,(H,28,32). The number of aromatic nitrogens is 2. The van der Waals surface area contributed by atoms with Crippen molar-refractivity contribution < 1.29 is 22.7 Å². The first kappa shape index (κ1) is 26.4. The van der Waals surface area contributed by atoms with Crippen molar-refractivity contribution in [1.29, 1.82) is 0 Å². The molecule has 11 heteroatoms. The topological polar surface area (TPSA) is 120 Å². The Balaban J connectivity index is 1.68. The van der Waals surface area contributed by atoms with Crippen molar-refractivity contribution in [2.45, 2.75) is 11.8 Å². The molecule has 0 aliphatic rings. The van der Waals surface area contributed by atoms with Crippen LogP contribution in [0.2, 0.25) is 0 Å². The van der Waals surface area contributed by atoms with Gasteiger partial charge in [0.25, 0.3) is 21.5 Å². The fraction of sp³-hybridized carbons (Fsp3) is 0.148. The molecule has 4 aromatic rings. The number of esters is 1. The van der Waals surface area contributed by atoms with Crippen LogP contribution >= 0.6 is 0 Å². The SMILES string of the molecule is COC(=O)c1ccccc1NC(=O)c1cccc(S(=O)(=O)N(C)c2c(C)n(C)n(-c3ccccc3)c2=O)c1. The summed E-state index contributed by atoms with van der Waals surface area (Å²) in [7, 11) is -0.0227. The largest absolute Gasteiger partial charge is 0.465 e. The number of carbonyl (C=O) groups is 2. The first-order chi connectivity index (χ1) is 18.1. The summed E-state index contributed by atoms with van der Waals surface area (Å²) in [5.41, 5.74) is 0.931. The van der Waals surface area contributed by atoms with Crippen LogP contribution in [0.15, 0.2) is 88.6 Å². The van der Waals surface area contributed by atoms with Crippen molar-refractivity contribution in [3.8, 4) is 5.69 Å². The molecule has 1 N–H and O–H groups in total. The molecule has 1 heterocycles. The Bertz CT molecular complexity index is 1690. The lowest BCUT2D eigenvalue weighted by Crippen LogP contribution is -2.32. The first-order valence-electron chi connectivity index (χ1n) is 11.5. The quantitative estimate of drug-likeness (QED) is 0.363. The molecule has 196 valence electrons. The van der Waals surface area contributed by atoms with Gasteiger partial charge in [-0.25, -0.2) is 17.9 Å². The van der Waals surface area contributed by atoms with Gasteiger partial charge in [-0.2, -0.15) is 0 Å². The van der Waals surface area contributed by atoms with Crippen molar-refractivity contribution in [1.82, 2.24) is 9.36 Å². The fourth-order valence-electron chi connectivity index (χ4n) is 4.07. The zero-order valence-electron chi connectivity index (χ0n) is 21.2. The number of rotatable bonds is 7. The molecule has 0 spiro atoms. The molecule has 4 rings (SSSR count). The summed E-state index contributed by atoms with van der Waals surface area (Å²) in [5, 5.41) is 2.62. The van der Waals surface area contributed by atoms with E-state index in [0.717, 1.165) is 4.31 Å². The first-order valence-corrected chi connectivity index (χ1v) is 12.9. The number of hydrogen-bond donors (Lipinski definition) is 1. The van der Waals surface area contributed by atoms with E-state index in [1.165, 1.54) is 55.2 Å². The highest BCUT2D eigenvalue weighted by Gasteiger charge is 2.29. The number of anilines is 2. The summed E-state index contributed by atoms with van der Waals surface area (Å²) in [4.78, 5) is 38.2. The van der Waals surface area contributed by atoms with Crippen LogP contribution < -0.4 is 15.2 Å². The molecule has 1 aromatic heterocycles. The van der Waals surface area contributed by atoms with Gasteiger partial charge in [0.05, 0.1) is 34.6 Å². The number of carbonyl (C=O) groups excluding carboxylic acids is 2. The Hall–Kier alpha value is -4.64. The molecule has 1 amide bonds. The van der Waals surface area contributed by atoms with E-state index in [1.807, 2.05) is 6.07 Å². The summed E-state index contributed by atoms with van der Waals surface area (Å²) in [5.74, 6) is -1.25. The van der Waals surface area contributed by atoms with Crippen LogP contribution in [0, 0.1) is 6.92 Å². The lowest BCUT2D eigenvalue weighted by atomic mass is 10.1. The van der Waals surface area contributed by atoms with E-state index in [4.69, 9.17) is 4.74 Å². The van der Waals surface area contributed by atoms with Crippen LogP contribution in [0.5, 0.6) is 0 Å². The van der Waals surface area contributed by atoms with Gasteiger partial charge in [-0.15, -0.1) is 0 Å². The van der Waals surface area contributed by atoms with Crippen LogP contribution in [-0.4, -0.2) is 43.8 Å². The molecule has 0 bridgehead atoms. The van der Waals surface area contributed by atoms with E-state index >= 15 is 0 Å². The zero-order chi connectivity index (χ0) is 27.6. The van der Waals surface area contributed by atoms with Crippen LogP contribution in [0.4, 0.5) is 11.4 Å². The van der Waals surface area contributed by atoms with Crippen molar-refractivity contribution in [3.63, 3.8) is 0 Å². The van der Waals surface area contributed by atoms with Crippen molar-refractivity contribution in [2.75, 3.05) is 23.8 Å². The lowest BCUT2D eigenvalue weighted by Gasteiger charge is -2.18. The summed E-state index contributed by atoms with van der Waals surface area (Å²) in [6.07, 6.45) is 0. The molecule has 3 aromatic carbocycles. The van der Waals surface area contributed by atoms with Crippen LogP contribution in [-0.2, 0) is 21.8 Å². The molecule has 0 radical (unpaired) electrons. The summed E-state index contributed by atoms with van der Waals surface area (Å²) < 4.78 is 35.8. The predicted octanol–water partition coefficient (Wildman–Crippen LogP) is 3.35. The average molecular weight is 535 g/mol. The Labute approximate surface area is 219 Å². The minimum absolute atomic E-state index is 0.0155. The number of methoxy groups -OCH3 is 1. The lowest BCUT2D eigenvalue weighted by molar-refractivity contribution is 0.0602. The molecule has 0 saturated carbocycles. The number of benzene rings is 3.